The highest BCUT2D eigenvalue weighted by molar-refractivity contribution is 5.84. The van der Waals surface area contributed by atoms with E-state index in [1.165, 1.54) is 20.6 Å². The standard InChI is InChI=1S/C11H20O3/c1-8-5-4-6-9(7-8)10(12)11(13-2)14-3/h8-9,11H,4-7H2,1-3H3. The monoisotopic (exact) mass is 200 g/mol. The van der Waals surface area contributed by atoms with Crippen LogP contribution in [0.15, 0.2) is 0 Å². The number of methoxy groups -OCH3 is 2. The van der Waals surface area contributed by atoms with Crippen molar-refractivity contribution in [3.05, 3.63) is 0 Å². The molecular formula is C11H20O3. The summed E-state index contributed by atoms with van der Waals surface area (Å²) in [6.45, 7) is 2.20. The van der Waals surface area contributed by atoms with Gasteiger partial charge in [0.05, 0.1) is 0 Å². The van der Waals surface area contributed by atoms with Gasteiger partial charge in [-0.25, -0.2) is 0 Å². The predicted molar refractivity (Wildman–Crippen MR) is 53.9 cm³/mol. The molecule has 1 aliphatic rings. The number of ketones is 1. The third-order valence-corrected chi connectivity index (χ3v) is 3.00. The molecule has 2 atom stereocenters. The van der Waals surface area contributed by atoms with Crippen LogP contribution in [0.2, 0.25) is 0 Å². The fourth-order valence-electron chi connectivity index (χ4n) is 2.21. The summed E-state index contributed by atoms with van der Waals surface area (Å²) in [5.74, 6) is 0.914. The van der Waals surface area contributed by atoms with Crippen LogP contribution in [0.3, 0.4) is 0 Å². The van der Waals surface area contributed by atoms with Gasteiger partial charge in [-0.3, -0.25) is 4.79 Å². The Balaban J connectivity index is 2.50. The van der Waals surface area contributed by atoms with Crippen LogP contribution >= 0.6 is 0 Å². The van der Waals surface area contributed by atoms with Crippen molar-refractivity contribution in [1.82, 2.24) is 0 Å². The van der Waals surface area contributed by atoms with E-state index in [-0.39, 0.29) is 11.7 Å². The van der Waals surface area contributed by atoms with Gasteiger partial charge in [0.2, 0.25) is 6.29 Å². The van der Waals surface area contributed by atoms with Gasteiger partial charge in [0, 0.05) is 20.1 Å². The lowest BCUT2D eigenvalue weighted by Gasteiger charge is -2.27. The van der Waals surface area contributed by atoms with E-state index in [0.29, 0.717) is 5.92 Å². The Hall–Kier alpha value is -0.410. The summed E-state index contributed by atoms with van der Waals surface area (Å²) in [5, 5.41) is 0. The van der Waals surface area contributed by atoms with Crippen LogP contribution < -0.4 is 0 Å². The summed E-state index contributed by atoms with van der Waals surface area (Å²) >= 11 is 0. The van der Waals surface area contributed by atoms with Crippen molar-refractivity contribution in [2.45, 2.75) is 38.9 Å². The van der Waals surface area contributed by atoms with Crippen molar-refractivity contribution in [3.63, 3.8) is 0 Å². The second-order valence-electron chi connectivity index (χ2n) is 4.17. The van der Waals surface area contributed by atoms with Crippen molar-refractivity contribution in [2.24, 2.45) is 11.8 Å². The summed E-state index contributed by atoms with van der Waals surface area (Å²) in [5.41, 5.74) is 0. The lowest BCUT2D eigenvalue weighted by Crippen LogP contribution is -2.33. The van der Waals surface area contributed by atoms with Crippen LogP contribution in [0.1, 0.15) is 32.6 Å². The van der Waals surface area contributed by atoms with Crippen LogP contribution in [-0.2, 0) is 14.3 Å². The van der Waals surface area contributed by atoms with Crippen molar-refractivity contribution in [3.8, 4) is 0 Å². The molecule has 3 nitrogen and oxygen atoms in total. The average Bonchev–Trinajstić information content (AvgIpc) is 2.19. The van der Waals surface area contributed by atoms with Gasteiger partial charge in [-0.2, -0.15) is 0 Å². The Bertz CT molecular complexity index is 187. The molecule has 2 unspecified atom stereocenters. The largest absolute Gasteiger partial charge is 0.349 e. The first kappa shape index (κ1) is 11.7. The minimum Gasteiger partial charge on any atom is -0.349 e. The zero-order valence-corrected chi connectivity index (χ0v) is 9.29. The zero-order chi connectivity index (χ0) is 10.6. The van der Waals surface area contributed by atoms with Crippen LogP contribution in [0, 0.1) is 11.8 Å². The molecule has 0 heterocycles. The van der Waals surface area contributed by atoms with Crippen LogP contribution in [0.4, 0.5) is 0 Å². The van der Waals surface area contributed by atoms with Crippen molar-refractivity contribution >= 4 is 5.78 Å². The Kier molecular flexibility index (Phi) is 4.55. The topological polar surface area (TPSA) is 35.5 Å². The highest BCUT2D eigenvalue weighted by atomic mass is 16.7. The summed E-state index contributed by atoms with van der Waals surface area (Å²) in [7, 11) is 3.02. The maximum Gasteiger partial charge on any atom is 0.217 e. The number of hydrogen-bond donors (Lipinski definition) is 0. The lowest BCUT2D eigenvalue weighted by molar-refractivity contribution is -0.162. The molecule has 0 aromatic rings. The minimum absolute atomic E-state index is 0.113. The van der Waals surface area contributed by atoms with E-state index in [2.05, 4.69) is 6.92 Å². The van der Waals surface area contributed by atoms with E-state index in [1.54, 1.807) is 0 Å². The van der Waals surface area contributed by atoms with Gasteiger partial charge in [-0.15, -0.1) is 0 Å². The summed E-state index contributed by atoms with van der Waals surface area (Å²) in [4.78, 5) is 11.9. The molecule has 1 aliphatic carbocycles. The number of carbonyl (C=O) groups excluding carboxylic acids is 1. The normalized spacial score (nSPS) is 28.0. The second kappa shape index (κ2) is 5.47. The zero-order valence-electron chi connectivity index (χ0n) is 9.29. The van der Waals surface area contributed by atoms with Crippen molar-refractivity contribution in [1.29, 1.82) is 0 Å². The molecule has 0 radical (unpaired) electrons. The average molecular weight is 200 g/mol. The molecule has 1 fully saturated rings. The Morgan fingerprint density at radius 3 is 2.43 bits per heavy atom. The van der Waals surface area contributed by atoms with Gasteiger partial charge in [-0.1, -0.05) is 19.8 Å². The fraction of sp³-hybridized carbons (Fsp3) is 0.909. The lowest BCUT2D eigenvalue weighted by atomic mass is 9.80. The van der Waals surface area contributed by atoms with E-state index in [9.17, 15) is 4.79 Å². The highest BCUT2D eigenvalue weighted by Gasteiger charge is 2.30. The second-order valence-corrected chi connectivity index (χ2v) is 4.17. The maximum atomic E-state index is 11.9. The van der Waals surface area contributed by atoms with E-state index < -0.39 is 6.29 Å². The Morgan fingerprint density at radius 1 is 1.29 bits per heavy atom. The fourth-order valence-corrected chi connectivity index (χ4v) is 2.21. The molecule has 1 saturated carbocycles. The molecule has 0 aliphatic heterocycles. The molecule has 0 N–H and O–H groups in total. The highest BCUT2D eigenvalue weighted by Crippen LogP contribution is 2.30. The van der Waals surface area contributed by atoms with Gasteiger partial charge in [-0.05, 0) is 18.8 Å². The molecule has 0 saturated heterocycles. The quantitative estimate of drug-likeness (QED) is 0.651. The SMILES string of the molecule is COC(OC)C(=O)C1CCCC(C)C1. The molecule has 3 heteroatoms. The van der Waals surface area contributed by atoms with Crippen LogP contribution in [0.25, 0.3) is 0 Å². The van der Waals surface area contributed by atoms with Crippen molar-refractivity contribution in [2.75, 3.05) is 14.2 Å². The number of ether oxygens (including phenoxy) is 2. The molecule has 0 bridgehead atoms. The van der Waals surface area contributed by atoms with Gasteiger partial charge < -0.3 is 9.47 Å². The number of rotatable bonds is 4. The number of Topliss-reactive ketones (excluding diaryl/α,β-unsaturated/α-hetero) is 1. The first-order valence-corrected chi connectivity index (χ1v) is 5.28. The molecule has 0 aromatic carbocycles. The summed E-state index contributed by atoms with van der Waals surface area (Å²) in [6.07, 6.45) is 3.71. The molecule has 1 rings (SSSR count). The molecule has 14 heavy (non-hydrogen) atoms. The van der Waals surface area contributed by atoms with Gasteiger partial charge in [0.25, 0.3) is 0 Å². The third-order valence-electron chi connectivity index (χ3n) is 3.00. The van der Waals surface area contributed by atoms with Gasteiger partial charge >= 0.3 is 0 Å². The van der Waals surface area contributed by atoms with E-state index >= 15 is 0 Å². The molecule has 82 valence electrons. The predicted octanol–water partition coefficient (Wildman–Crippen LogP) is 2.00. The number of carbonyl (C=O) groups is 1. The maximum absolute atomic E-state index is 11.9. The molecule has 0 spiro atoms. The van der Waals surface area contributed by atoms with Gasteiger partial charge in [0.1, 0.15) is 0 Å². The first-order valence-electron chi connectivity index (χ1n) is 5.28. The third kappa shape index (κ3) is 2.79. The molecule has 0 aromatic heterocycles. The van der Waals surface area contributed by atoms with E-state index in [1.807, 2.05) is 0 Å². The Labute approximate surface area is 85.8 Å². The summed E-state index contributed by atoms with van der Waals surface area (Å²) < 4.78 is 9.96. The Morgan fingerprint density at radius 2 is 1.93 bits per heavy atom. The smallest absolute Gasteiger partial charge is 0.217 e. The minimum atomic E-state index is -0.662. The number of hydrogen-bond acceptors (Lipinski definition) is 3. The molecule has 0 amide bonds. The van der Waals surface area contributed by atoms with E-state index in [0.717, 1.165) is 19.3 Å². The van der Waals surface area contributed by atoms with E-state index in [4.69, 9.17) is 9.47 Å². The molecular weight excluding hydrogens is 180 g/mol. The van der Waals surface area contributed by atoms with Gasteiger partial charge in [0.15, 0.2) is 5.78 Å². The van der Waals surface area contributed by atoms with Crippen LogP contribution in [0.5, 0.6) is 0 Å². The summed E-state index contributed by atoms with van der Waals surface area (Å²) in [6, 6.07) is 0. The first-order chi connectivity index (χ1) is 6.69. The van der Waals surface area contributed by atoms with Crippen molar-refractivity contribution < 1.29 is 14.3 Å². The van der Waals surface area contributed by atoms with Crippen LogP contribution in [-0.4, -0.2) is 26.3 Å².